The molecule has 2 aliphatic rings. The second kappa shape index (κ2) is 6.27. The summed E-state index contributed by atoms with van der Waals surface area (Å²) in [6.07, 6.45) is 3.77. The van der Waals surface area contributed by atoms with Gasteiger partial charge in [-0.05, 0) is 41.8 Å². The molecular weight excluding hydrogens is 358 g/mol. The summed E-state index contributed by atoms with van der Waals surface area (Å²) < 4.78 is 0. The van der Waals surface area contributed by atoms with E-state index in [1.54, 1.807) is 18.2 Å². The van der Waals surface area contributed by atoms with Gasteiger partial charge in [-0.1, -0.05) is 48.0 Å². The molecule has 0 bridgehead atoms. The van der Waals surface area contributed by atoms with Crippen LogP contribution >= 0.6 is 11.6 Å². The first-order chi connectivity index (χ1) is 13.0. The van der Waals surface area contributed by atoms with Gasteiger partial charge in [-0.25, -0.2) is 0 Å². The molecule has 27 heavy (non-hydrogen) atoms. The number of ketones is 1. The SMILES string of the molecule is CC(=O)[C@@H]1[C@@H](c2cccc(Cl)c2)C(C#N)(C#N)[C@H]2c3ccccc3C=CN12. The van der Waals surface area contributed by atoms with E-state index in [1.807, 2.05) is 47.5 Å². The highest BCUT2D eigenvalue weighted by Crippen LogP contribution is 2.59. The fourth-order valence-corrected chi connectivity index (χ4v) is 4.72. The van der Waals surface area contributed by atoms with Crippen molar-refractivity contribution in [3.05, 3.63) is 76.4 Å². The lowest BCUT2D eigenvalue weighted by Crippen LogP contribution is -2.36. The lowest BCUT2D eigenvalue weighted by atomic mass is 9.68. The van der Waals surface area contributed by atoms with E-state index >= 15 is 0 Å². The van der Waals surface area contributed by atoms with Crippen molar-refractivity contribution >= 4 is 23.5 Å². The van der Waals surface area contributed by atoms with Gasteiger partial charge >= 0.3 is 0 Å². The molecule has 5 heteroatoms. The van der Waals surface area contributed by atoms with E-state index in [0.717, 1.165) is 16.7 Å². The van der Waals surface area contributed by atoms with Crippen molar-refractivity contribution in [1.29, 1.82) is 10.5 Å². The second-order valence-electron chi connectivity index (χ2n) is 6.98. The third kappa shape index (κ3) is 2.38. The number of nitrogens with zero attached hydrogens (tertiary/aromatic N) is 3. The molecule has 0 radical (unpaired) electrons. The first kappa shape index (κ1) is 17.3. The van der Waals surface area contributed by atoms with Gasteiger partial charge in [0.1, 0.15) is 0 Å². The third-order valence-corrected chi connectivity index (χ3v) is 5.80. The normalized spacial score (nSPS) is 24.4. The number of hydrogen-bond acceptors (Lipinski definition) is 4. The van der Waals surface area contributed by atoms with Crippen molar-refractivity contribution in [1.82, 2.24) is 4.90 Å². The van der Waals surface area contributed by atoms with E-state index in [0.29, 0.717) is 5.02 Å². The maximum Gasteiger partial charge on any atom is 0.177 e. The molecule has 2 aromatic rings. The Bertz CT molecular complexity index is 1030. The fraction of sp³-hybridized carbons (Fsp3) is 0.227. The standard InChI is InChI=1S/C22H16ClN3O/c1-14(27)20-19(16-6-4-7-17(23)11-16)22(12-24,13-25)21-18-8-3-2-5-15(18)9-10-26(20)21/h2-11,19-21H,1H3/t19-,20-,21-/m1/s1. The number of rotatable bonds is 2. The zero-order valence-electron chi connectivity index (χ0n) is 14.6. The van der Waals surface area contributed by atoms with Crippen molar-refractivity contribution in [2.45, 2.75) is 24.9 Å². The lowest BCUT2D eigenvalue weighted by Gasteiger charge is -2.34. The van der Waals surface area contributed by atoms with Crippen LogP contribution in [-0.4, -0.2) is 16.7 Å². The Morgan fingerprint density at radius 1 is 1.15 bits per heavy atom. The second-order valence-corrected chi connectivity index (χ2v) is 7.41. The van der Waals surface area contributed by atoms with Crippen molar-refractivity contribution < 1.29 is 4.79 Å². The Kier molecular flexibility index (Phi) is 4.02. The minimum absolute atomic E-state index is 0.0821. The first-order valence-corrected chi connectivity index (χ1v) is 9.04. The average Bonchev–Trinajstić information content (AvgIpc) is 2.99. The summed E-state index contributed by atoms with van der Waals surface area (Å²) in [6, 6.07) is 18.3. The smallest absolute Gasteiger partial charge is 0.177 e. The number of hydrogen-bond donors (Lipinski definition) is 0. The molecule has 2 heterocycles. The molecule has 2 aromatic carbocycles. The van der Waals surface area contributed by atoms with Crippen molar-refractivity contribution in [3.8, 4) is 12.1 Å². The summed E-state index contributed by atoms with van der Waals surface area (Å²) in [4.78, 5) is 14.6. The highest BCUT2D eigenvalue weighted by Gasteiger charge is 2.63. The number of halogens is 1. The molecule has 0 spiro atoms. The average molecular weight is 374 g/mol. The molecule has 0 aliphatic carbocycles. The minimum Gasteiger partial charge on any atom is -0.357 e. The molecule has 0 amide bonds. The Balaban J connectivity index is 2.02. The van der Waals surface area contributed by atoms with E-state index < -0.39 is 23.4 Å². The van der Waals surface area contributed by atoms with Crippen LogP contribution in [0.4, 0.5) is 0 Å². The Morgan fingerprint density at radius 2 is 1.89 bits per heavy atom. The van der Waals surface area contributed by atoms with Gasteiger partial charge in [0.15, 0.2) is 11.2 Å². The van der Waals surface area contributed by atoms with Crippen molar-refractivity contribution in [2.75, 3.05) is 0 Å². The zero-order chi connectivity index (χ0) is 19.2. The van der Waals surface area contributed by atoms with Gasteiger partial charge in [0.05, 0.1) is 24.2 Å². The van der Waals surface area contributed by atoms with Crippen LogP contribution in [0, 0.1) is 28.1 Å². The van der Waals surface area contributed by atoms with Crippen LogP contribution in [0.5, 0.6) is 0 Å². The summed E-state index contributed by atoms with van der Waals surface area (Å²) >= 11 is 6.19. The lowest BCUT2D eigenvalue weighted by molar-refractivity contribution is -0.121. The topological polar surface area (TPSA) is 67.9 Å². The van der Waals surface area contributed by atoms with Crippen LogP contribution in [0.15, 0.2) is 54.7 Å². The van der Waals surface area contributed by atoms with Crippen molar-refractivity contribution in [2.24, 2.45) is 5.41 Å². The maximum absolute atomic E-state index is 12.7. The predicted octanol–water partition coefficient (Wildman–Crippen LogP) is 4.46. The van der Waals surface area contributed by atoms with Crippen LogP contribution in [0.3, 0.4) is 0 Å². The molecule has 0 saturated carbocycles. The molecule has 1 saturated heterocycles. The summed E-state index contributed by atoms with van der Waals surface area (Å²) in [5, 5.41) is 20.9. The van der Waals surface area contributed by atoms with Crippen LogP contribution in [0.25, 0.3) is 6.08 Å². The van der Waals surface area contributed by atoms with Gasteiger partial charge in [-0.15, -0.1) is 0 Å². The van der Waals surface area contributed by atoms with Gasteiger partial charge < -0.3 is 4.90 Å². The highest BCUT2D eigenvalue weighted by molar-refractivity contribution is 6.30. The van der Waals surface area contributed by atoms with Gasteiger partial charge in [0, 0.05) is 17.1 Å². The van der Waals surface area contributed by atoms with Crippen LogP contribution in [-0.2, 0) is 4.79 Å². The predicted molar refractivity (Wildman–Crippen MR) is 102 cm³/mol. The molecule has 4 nitrogen and oxygen atoms in total. The molecule has 0 aromatic heterocycles. The highest BCUT2D eigenvalue weighted by atomic mass is 35.5. The van der Waals surface area contributed by atoms with Crippen LogP contribution in [0.2, 0.25) is 5.02 Å². The largest absolute Gasteiger partial charge is 0.357 e. The summed E-state index contributed by atoms with van der Waals surface area (Å²) in [5.41, 5.74) is 1.16. The number of Topliss-reactive ketones (excluding diaryl/α,β-unsaturated/α-hetero) is 1. The number of carbonyl (C=O) groups excluding carboxylic acids is 1. The van der Waals surface area contributed by atoms with Crippen LogP contribution < -0.4 is 0 Å². The van der Waals surface area contributed by atoms with E-state index in [-0.39, 0.29) is 5.78 Å². The van der Waals surface area contributed by atoms with E-state index in [1.165, 1.54) is 6.92 Å². The van der Waals surface area contributed by atoms with E-state index in [2.05, 4.69) is 12.1 Å². The molecule has 0 N–H and O–H groups in total. The van der Waals surface area contributed by atoms with E-state index in [9.17, 15) is 15.3 Å². The zero-order valence-corrected chi connectivity index (χ0v) is 15.4. The summed E-state index contributed by atoms with van der Waals surface area (Å²) in [7, 11) is 0. The van der Waals surface area contributed by atoms with Gasteiger partial charge in [0.25, 0.3) is 0 Å². The number of carbonyl (C=O) groups is 1. The first-order valence-electron chi connectivity index (χ1n) is 8.66. The summed E-state index contributed by atoms with van der Waals surface area (Å²) in [6.45, 7) is 1.51. The molecule has 3 atom stereocenters. The number of nitriles is 2. The Labute approximate surface area is 162 Å². The van der Waals surface area contributed by atoms with Crippen LogP contribution in [0.1, 0.15) is 35.6 Å². The Morgan fingerprint density at radius 3 is 2.56 bits per heavy atom. The van der Waals surface area contributed by atoms with Gasteiger partial charge in [0.2, 0.25) is 0 Å². The van der Waals surface area contributed by atoms with Gasteiger partial charge in [-0.3, -0.25) is 4.79 Å². The molecule has 1 fully saturated rings. The van der Waals surface area contributed by atoms with E-state index in [4.69, 9.17) is 11.6 Å². The van der Waals surface area contributed by atoms with Crippen molar-refractivity contribution in [3.63, 3.8) is 0 Å². The number of benzene rings is 2. The molecule has 4 rings (SSSR count). The third-order valence-electron chi connectivity index (χ3n) is 5.57. The summed E-state index contributed by atoms with van der Waals surface area (Å²) in [5.74, 6) is -0.689. The maximum atomic E-state index is 12.7. The Hall–Kier alpha value is -3.08. The van der Waals surface area contributed by atoms with Gasteiger partial charge in [-0.2, -0.15) is 10.5 Å². The molecule has 0 unspecified atom stereocenters. The minimum atomic E-state index is -1.41. The fourth-order valence-electron chi connectivity index (χ4n) is 4.53. The molecule has 2 aliphatic heterocycles. The quantitative estimate of drug-likeness (QED) is 0.779. The monoisotopic (exact) mass is 373 g/mol. The molecular formula is C22H16ClN3O. The number of fused-ring (bicyclic) bond motifs is 3. The molecule has 132 valence electrons.